The Morgan fingerprint density at radius 2 is 1.96 bits per heavy atom. The van der Waals surface area contributed by atoms with Crippen molar-refractivity contribution in [2.24, 2.45) is 0 Å². The van der Waals surface area contributed by atoms with Crippen LogP contribution >= 0.6 is 23.5 Å². The number of ether oxygens (including phenoxy) is 1. The number of amides is 3. The lowest BCUT2D eigenvalue weighted by molar-refractivity contribution is -0.122. The lowest BCUT2D eigenvalue weighted by atomic mass is 10.3. The third kappa shape index (κ3) is 4.14. The third-order valence-corrected chi connectivity index (χ3v) is 6.01. The summed E-state index contributed by atoms with van der Waals surface area (Å²) < 4.78 is 5.10. The Labute approximate surface area is 165 Å². The van der Waals surface area contributed by atoms with Gasteiger partial charge in [-0.05, 0) is 43.0 Å². The van der Waals surface area contributed by atoms with Gasteiger partial charge >= 0.3 is 6.09 Å². The van der Waals surface area contributed by atoms with Gasteiger partial charge in [-0.15, -0.1) is 0 Å². The molecular formula is C18H19N3O4S2. The van der Waals surface area contributed by atoms with Crippen LogP contribution in [-0.2, 0) is 9.53 Å². The Hall–Kier alpha value is -2.39. The van der Waals surface area contributed by atoms with Gasteiger partial charge in [0.2, 0.25) is 0 Å². The maximum Gasteiger partial charge on any atom is 0.406 e. The van der Waals surface area contributed by atoms with Gasteiger partial charge in [-0.2, -0.15) is 0 Å². The van der Waals surface area contributed by atoms with Crippen LogP contribution in [0.15, 0.2) is 51.2 Å². The van der Waals surface area contributed by atoms with Crippen LogP contribution in [0.25, 0.3) is 0 Å². The predicted molar refractivity (Wildman–Crippen MR) is 107 cm³/mol. The second-order valence-electron chi connectivity index (χ2n) is 5.56. The minimum atomic E-state index is -0.478. The zero-order valence-electron chi connectivity index (χ0n) is 14.9. The molecule has 1 aromatic rings. The number of carbonyl (C=O) groups excluding carboxylic acids is 3. The molecule has 0 unspecified atom stereocenters. The number of rotatable bonds is 5. The van der Waals surface area contributed by atoms with Crippen molar-refractivity contribution in [2.45, 2.75) is 11.8 Å². The maximum atomic E-state index is 12.2. The number of carbonyl (C=O) groups is 3. The first-order valence-electron chi connectivity index (χ1n) is 8.39. The van der Waals surface area contributed by atoms with Gasteiger partial charge in [-0.3, -0.25) is 14.5 Å². The van der Waals surface area contributed by atoms with Gasteiger partial charge in [0, 0.05) is 18.5 Å². The molecule has 1 N–H and O–H groups in total. The minimum absolute atomic E-state index is 0.220. The first-order chi connectivity index (χ1) is 13.0. The zero-order valence-corrected chi connectivity index (χ0v) is 16.6. The highest BCUT2D eigenvalue weighted by Gasteiger charge is 2.33. The summed E-state index contributed by atoms with van der Waals surface area (Å²) in [6.45, 7) is 2.84. The van der Waals surface area contributed by atoms with Gasteiger partial charge in [-0.25, -0.2) is 4.79 Å². The fourth-order valence-corrected chi connectivity index (χ4v) is 4.58. The van der Waals surface area contributed by atoms with E-state index in [2.05, 4.69) is 5.32 Å². The molecule has 0 bridgehead atoms. The molecule has 0 saturated carbocycles. The van der Waals surface area contributed by atoms with E-state index in [4.69, 9.17) is 4.74 Å². The first-order valence-corrected chi connectivity index (χ1v) is 10.0. The number of imide groups is 1. The number of nitrogens with one attached hydrogen (secondary N) is 1. The molecule has 142 valence electrons. The molecule has 1 aromatic carbocycles. The molecule has 27 heavy (non-hydrogen) atoms. The molecule has 0 aromatic heterocycles. The summed E-state index contributed by atoms with van der Waals surface area (Å²) >= 11 is 2.52. The summed E-state index contributed by atoms with van der Waals surface area (Å²) in [6.07, 6.45) is 3.03. The lowest BCUT2D eigenvalue weighted by Gasteiger charge is -2.20. The van der Waals surface area contributed by atoms with Crippen molar-refractivity contribution in [3.8, 4) is 0 Å². The van der Waals surface area contributed by atoms with Crippen molar-refractivity contribution in [3.05, 3.63) is 46.4 Å². The average molecular weight is 406 g/mol. The summed E-state index contributed by atoms with van der Waals surface area (Å²) in [5.74, 6) is -0.264. The van der Waals surface area contributed by atoms with Crippen LogP contribution in [-0.4, -0.2) is 48.9 Å². The Morgan fingerprint density at radius 3 is 2.67 bits per heavy atom. The number of likely N-dealkylation sites (N-methyl/N-ethyl adjacent to an activating group) is 1. The lowest BCUT2D eigenvalue weighted by Crippen LogP contribution is -2.27. The molecule has 2 aliphatic heterocycles. The molecule has 0 radical (unpaired) electrons. The van der Waals surface area contributed by atoms with Crippen LogP contribution < -0.4 is 10.2 Å². The summed E-state index contributed by atoms with van der Waals surface area (Å²) in [4.78, 5) is 40.1. The number of anilines is 1. The van der Waals surface area contributed by atoms with Gasteiger partial charge in [0.15, 0.2) is 0 Å². The van der Waals surface area contributed by atoms with Gasteiger partial charge in [0.05, 0.1) is 22.2 Å². The SMILES string of the molecule is CCN1C(=O)SC(=CC=C2Sc3ccccc3N2CCOC(=O)NC)C1=O. The molecule has 2 heterocycles. The van der Waals surface area contributed by atoms with Crippen LogP contribution in [0.3, 0.4) is 0 Å². The number of para-hydroxylation sites is 1. The average Bonchev–Trinajstić information content (AvgIpc) is 3.16. The second-order valence-corrected chi connectivity index (χ2v) is 7.62. The van der Waals surface area contributed by atoms with E-state index in [9.17, 15) is 14.4 Å². The molecule has 7 nitrogen and oxygen atoms in total. The molecule has 1 saturated heterocycles. The molecule has 0 aliphatic carbocycles. The monoisotopic (exact) mass is 405 g/mol. The van der Waals surface area contributed by atoms with Crippen molar-refractivity contribution < 1.29 is 19.1 Å². The Kier molecular flexibility index (Phi) is 6.12. The number of nitrogens with zero attached hydrogens (tertiary/aromatic N) is 2. The molecular weight excluding hydrogens is 386 g/mol. The van der Waals surface area contributed by atoms with Crippen LogP contribution in [0, 0.1) is 0 Å². The van der Waals surface area contributed by atoms with Gasteiger partial charge in [-0.1, -0.05) is 23.9 Å². The van der Waals surface area contributed by atoms with E-state index >= 15 is 0 Å². The van der Waals surface area contributed by atoms with Gasteiger partial charge in [0.25, 0.3) is 11.1 Å². The quantitative estimate of drug-likeness (QED) is 0.752. The standard InChI is InChI=1S/C18H19N3O4S2/c1-3-20-16(22)14(27-18(20)24)8-9-15-21(10-11-25-17(23)19-2)12-6-4-5-7-13(12)26-15/h4-9H,3,10-11H2,1-2H3,(H,19,23). The van der Waals surface area contributed by atoms with Crippen molar-refractivity contribution in [1.29, 1.82) is 0 Å². The maximum absolute atomic E-state index is 12.2. The molecule has 0 spiro atoms. The summed E-state index contributed by atoms with van der Waals surface area (Å²) in [5, 5.41) is 3.07. The fraction of sp³-hybridized carbons (Fsp3) is 0.278. The third-order valence-electron chi connectivity index (χ3n) is 3.96. The number of allylic oxidation sites excluding steroid dienone is 2. The van der Waals surface area contributed by atoms with Crippen molar-refractivity contribution >= 4 is 46.5 Å². The highest BCUT2D eigenvalue weighted by atomic mass is 32.2. The van der Waals surface area contributed by atoms with Gasteiger partial charge < -0.3 is 15.0 Å². The number of benzene rings is 1. The molecule has 2 aliphatic rings. The largest absolute Gasteiger partial charge is 0.448 e. The smallest absolute Gasteiger partial charge is 0.406 e. The highest BCUT2D eigenvalue weighted by molar-refractivity contribution is 8.18. The van der Waals surface area contributed by atoms with E-state index in [0.717, 1.165) is 27.4 Å². The number of alkyl carbamates (subject to hydrolysis) is 1. The number of hydrogen-bond acceptors (Lipinski definition) is 7. The number of thioether (sulfide) groups is 2. The normalized spacial score (nSPS) is 19.2. The Bertz CT molecular complexity index is 838. The van der Waals surface area contributed by atoms with E-state index in [1.165, 1.54) is 11.9 Å². The Morgan fingerprint density at radius 1 is 1.19 bits per heavy atom. The van der Waals surface area contributed by atoms with Crippen LogP contribution in [0.2, 0.25) is 0 Å². The van der Waals surface area contributed by atoms with E-state index in [1.807, 2.05) is 35.2 Å². The zero-order chi connectivity index (χ0) is 19.4. The van der Waals surface area contributed by atoms with Crippen LogP contribution in [0.5, 0.6) is 0 Å². The van der Waals surface area contributed by atoms with E-state index < -0.39 is 6.09 Å². The first kappa shape index (κ1) is 19.4. The molecule has 9 heteroatoms. The summed E-state index contributed by atoms with van der Waals surface area (Å²) in [5.41, 5.74) is 1.02. The second kappa shape index (κ2) is 8.53. The highest BCUT2D eigenvalue weighted by Crippen LogP contribution is 2.45. The van der Waals surface area contributed by atoms with E-state index in [-0.39, 0.29) is 17.8 Å². The molecule has 0 atom stereocenters. The van der Waals surface area contributed by atoms with E-state index in [0.29, 0.717) is 18.0 Å². The van der Waals surface area contributed by atoms with E-state index in [1.54, 1.807) is 24.8 Å². The fourth-order valence-electron chi connectivity index (χ4n) is 2.64. The summed E-state index contributed by atoms with van der Waals surface area (Å²) in [7, 11) is 1.51. The molecule has 1 fully saturated rings. The predicted octanol–water partition coefficient (Wildman–Crippen LogP) is 3.40. The summed E-state index contributed by atoms with van der Waals surface area (Å²) in [6, 6.07) is 7.91. The van der Waals surface area contributed by atoms with Crippen molar-refractivity contribution in [2.75, 3.05) is 31.6 Å². The number of fused-ring (bicyclic) bond motifs is 1. The van der Waals surface area contributed by atoms with Gasteiger partial charge in [0.1, 0.15) is 6.61 Å². The topological polar surface area (TPSA) is 79.0 Å². The van der Waals surface area contributed by atoms with Crippen molar-refractivity contribution in [3.63, 3.8) is 0 Å². The van der Waals surface area contributed by atoms with Crippen LogP contribution in [0.4, 0.5) is 15.3 Å². The van der Waals surface area contributed by atoms with Crippen molar-refractivity contribution in [1.82, 2.24) is 10.2 Å². The number of hydrogen-bond donors (Lipinski definition) is 1. The Balaban J connectivity index is 1.79. The van der Waals surface area contributed by atoms with Crippen LogP contribution in [0.1, 0.15) is 6.92 Å². The molecule has 3 amide bonds. The minimum Gasteiger partial charge on any atom is -0.448 e. The molecule has 3 rings (SSSR count).